The normalized spacial score (nSPS) is 21.6. The molecule has 55 heavy (non-hydrogen) atoms. The molecule has 13 nitrogen and oxygen atoms in total. The minimum absolute atomic E-state index is 0. The summed E-state index contributed by atoms with van der Waals surface area (Å²) in [5.74, 6) is -3.20. The van der Waals surface area contributed by atoms with E-state index in [0.29, 0.717) is 19.4 Å². The lowest BCUT2D eigenvalue weighted by Crippen LogP contribution is -2.62. The number of carbonyl (C=O) groups is 6. The molecule has 4 fully saturated rings. The van der Waals surface area contributed by atoms with Gasteiger partial charge in [-0.1, -0.05) is 82.1 Å². The van der Waals surface area contributed by atoms with Crippen LogP contribution >= 0.6 is 40.5 Å². The van der Waals surface area contributed by atoms with Crippen molar-refractivity contribution in [2.45, 2.75) is 157 Å². The number of amides is 5. The third kappa shape index (κ3) is 13.6. The highest BCUT2D eigenvalue weighted by molar-refractivity contribution is 7.59. The zero-order valence-corrected chi connectivity index (χ0v) is 33.8. The van der Waals surface area contributed by atoms with Gasteiger partial charge in [-0.2, -0.15) is 40.5 Å². The molecule has 1 saturated heterocycles. The van der Waals surface area contributed by atoms with Gasteiger partial charge in [0.2, 0.25) is 23.5 Å². The lowest BCUT2D eigenvalue weighted by atomic mass is 9.82. The first kappa shape index (κ1) is 54.3. The summed E-state index contributed by atoms with van der Waals surface area (Å²) in [6, 6.07) is -3.68. The van der Waals surface area contributed by atoms with Crippen molar-refractivity contribution in [3.63, 3.8) is 0 Å². The smallest absolute Gasteiger partial charge is 0.289 e. The summed E-state index contributed by atoms with van der Waals surface area (Å²) in [5, 5.41) is 11.5. The maximum Gasteiger partial charge on any atom is 0.289 e. The Balaban J connectivity index is 0. The van der Waals surface area contributed by atoms with Crippen molar-refractivity contribution in [1.29, 1.82) is 0 Å². The third-order valence-electron chi connectivity index (χ3n) is 10.7. The number of fused-ring (bicyclic) bond motifs is 1. The number of hydrogen-bond donors (Lipinski definition) is 4. The summed E-state index contributed by atoms with van der Waals surface area (Å²) >= 11 is 0. The van der Waals surface area contributed by atoms with Gasteiger partial charge in [0.15, 0.2) is 0 Å². The highest BCUT2D eigenvalue weighted by Crippen LogP contribution is 2.43. The number of aromatic nitrogens is 2. The molecule has 1 aliphatic heterocycles. The highest BCUT2D eigenvalue weighted by atomic mass is 32.1. The van der Waals surface area contributed by atoms with Crippen molar-refractivity contribution in [2.75, 3.05) is 6.54 Å². The summed E-state index contributed by atoms with van der Waals surface area (Å²) in [6.45, 7) is 7.85. The van der Waals surface area contributed by atoms with Crippen LogP contribution in [0.4, 0.5) is 0 Å². The van der Waals surface area contributed by atoms with Gasteiger partial charge < -0.3 is 26.2 Å². The molecule has 0 radical (unpaired) electrons. The Labute approximate surface area is 350 Å². The number of likely N-dealkylation sites (tertiary alicyclic amines) is 1. The molecule has 1 aromatic rings. The van der Waals surface area contributed by atoms with Crippen LogP contribution in [0.5, 0.6) is 0 Å². The monoisotopic (exact) mass is 829 g/mol. The fraction of sp³-hybridized carbons (Fsp3) is 0.744. The minimum Gasteiger partial charge on any atom is -0.347 e. The van der Waals surface area contributed by atoms with Crippen LogP contribution in [-0.2, 0) is 24.0 Å². The number of ketones is 1. The molecule has 316 valence electrons. The summed E-state index contributed by atoms with van der Waals surface area (Å²) in [5.41, 5.74) is -0.638. The second-order valence-corrected chi connectivity index (χ2v) is 15.5. The van der Waals surface area contributed by atoms with Crippen LogP contribution in [0.25, 0.3) is 0 Å². The summed E-state index contributed by atoms with van der Waals surface area (Å²) in [7, 11) is 0. The SMILES string of the molecule is C.C.C.CCC[C@H](NC(=O)[C@H]1[C@@H]2CCC[C@H]2CN1C(=O)[C@@H](NC(=O)[C@@H](NC(=O)c1cnccn1)C1CCCCC1)C(C)(C)C)C(=O)C(=O)NC1CC1.S.S.S. The highest BCUT2D eigenvalue weighted by Gasteiger charge is 2.52. The Hall–Kier alpha value is -2.85. The number of rotatable bonds is 13. The van der Waals surface area contributed by atoms with E-state index >= 15 is 0 Å². The van der Waals surface area contributed by atoms with Gasteiger partial charge in [0.25, 0.3) is 11.8 Å². The first-order valence-corrected chi connectivity index (χ1v) is 18.2. The average molecular weight is 830 g/mol. The molecule has 0 unspecified atom stereocenters. The molecule has 4 aliphatic rings. The maximum atomic E-state index is 14.6. The second kappa shape index (κ2) is 24.0. The van der Waals surface area contributed by atoms with Crippen LogP contribution in [-0.4, -0.2) is 86.9 Å². The van der Waals surface area contributed by atoms with Crippen LogP contribution in [0.1, 0.15) is 138 Å². The Morgan fingerprint density at radius 1 is 0.836 bits per heavy atom. The first-order valence-electron chi connectivity index (χ1n) is 18.2. The molecule has 3 saturated carbocycles. The first-order chi connectivity index (χ1) is 23.4. The summed E-state index contributed by atoms with van der Waals surface area (Å²) in [4.78, 5) is 91.4. The zero-order chi connectivity index (χ0) is 35.3. The molecule has 2 heterocycles. The van der Waals surface area contributed by atoms with Gasteiger partial charge in [0.1, 0.15) is 23.8 Å². The van der Waals surface area contributed by atoms with Crippen LogP contribution < -0.4 is 21.3 Å². The van der Waals surface area contributed by atoms with Crippen molar-refractivity contribution in [3.8, 4) is 0 Å². The van der Waals surface area contributed by atoms with Gasteiger partial charge in [-0.15, -0.1) is 0 Å². The van der Waals surface area contributed by atoms with Crippen molar-refractivity contribution in [2.24, 2.45) is 23.2 Å². The van der Waals surface area contributed by atoms with E-state index in [1.807, 2.05) is 27.7 Å². The van der Waals surface area contributed by atoms with E-state index in [1.54, 1.807) is 4.90 Å². The van der Waals surface area contributed by atoms with E-state index in [-0.39, 0.29) is 98.2 Å². The molecular weight excluding hydrogens is 759 g/mol. The van der Waals surface area contributed by atoms with Crippen LogP contribution in [0.2, 0.25) is 0 Å². The molecule has 6 atom stereocenters. The van der Waals surface area contributed by atoms with Crippen molar-refractivity contribution in [1.82, 2.24) is 36.1 Å². The summed E-state index contributed by atoms with van der Waals surface area (Å²) < 4.78 is 0. The van der Waals surface area contributed by atoms with E-state index in [4.69, 9.17) is 0 Å². The van der Waals surface area contributed by atoms with Crippen LogP contribution in [0.3, 0.4) is 0 Å². The van der Waals surface area contributed by atoms with E-state index in [2.05, 4.69) is 31.2 Å². The Bertz CT molecular complexity index is 1410. The lowest BCUT2D eigenvalue weighted by molar-refractivity contribution is -0.146. The minimum atomic E-state index is -0.994. The molecule has 3 aliphatic carbocycles. The zero-order valence-electron chi connectivity index (χ0n) is 30.8. The van der Waals surface area contributed by atoms with Gasteiger partial charge in [-0.25, -0.2) is 4.98 Å². The number of Topliss-reactive ketones (excluding diaryl/α,β-unsaturated/α-hetero) is 1. The molecule has 0 bridgehead atoms. The molecule has 1 aromatic heterocycles. The van der Waals surface area contributed by atoms with Gasteiger partial charge in [-0.3, -0.25) is 33.8 Å². The molecule has 16 heteroatoms. The van der Waals surface area contributed by atoms with E-state index in [0.717, 1.165) is 64.2 Å². The Morgan fingerprint density at radius 2 is 1.49 bits per heavy atom. The molecular formula is C39H71N7O6S3. The second-order valence-electron chi connectivity index (χ2n) is 15.5. The van der Waals surface area contributed by atoms with E-state index < -0.39 is 59.0 Å². The maximum absolute atomic E-state index is 14.6. The quantitative estimate of drug-likeness (QED) is 0.207. The topological polar surface area (TPSA) is 180 Å². The average Bonchev–Trinajstić information content (AvgIpc) is 3.65. The number of carbonyl (C=O) groups excluding carboxylic acids is 6. The fourth-order valence-corrected chi connectivity index (χ4v) is 7.87. The molecule has 0 spiro atoms. The molecule has 5 rings (SSSR count). The van der Waals surface area contributed by atoms with Gasteiger partial charge >= 0.3 is 0 Å². The lowest BCUT2D eigenvalue weighted by Gasteiger charge is -2.38. The Kier molecular flexibility index (Phi) is 23.7. The number of hydrogen-bond acceptors (Lipinski definition) is 8. The van der Waals surface area contributed by atoms with Crippen LogP contribution in [0, 0.1) is 23.2 Å². The van der Waals surface area contributed by atoms with Gasteiger partial charge in [-0.05, 0) is 68.1 Å². The van der Waals surface area contributed by atoms with Crippen molar-refractivity contribution >= 4 is 75.8 Å². The standard InChI is InChI=1S/C36H53N7O6.3CH4.3H2S/c1-5-10-25(29(44)34(48)39-23-15-16-23)40-33(47)28-24-14-9-13-22(24)20-43(28)35(49)30(36(2,3)4)42-32(46)27(21-11-7-6-8-12-21)41-31(45)26-19-37-17-18-38-26;;;;;;/h17-19,21-25,27-28,30H,5-16,20H2,1-4H3,(H,39,48)(H,40,47)(H,41,45)(H,42,46);3*1H4;3*1H2/t22-,24+,25-,27-,28+,30+;;;;;;/m0....../s1. The molecule has 0 aromatic carbocycles. The Morgan fingerprint density at radius 3 is 2.05 bits per heavy atom. The summed E-state index contributed by atoms with van der Waals surface area (Å²) in [6.07, 6.45) is 13.9. The molecule has 4 N–H and O–H groups in total. The van der Waals surface area contributed by atoms with Gasteiger partial charge in [0, 0.05) is 25.0 Å². The largest absolute Gasteiger partial charge is 0.347 e. The number of nitrogens with zero attached hydrogens (tertiary/aromatic N) is 3. The van der Waals surface area contributed by atoms with Crippen molar-refractivity contribution in [3.05, 3.63) is 24.3 Å². The van der Waals surface area contributed by atoms with E-state index in [1.165, 1.54) is 18.6 Å². The third-order valence-corrected chi connectivity index (χ3v) is 10.7. The fourth-order valence-electron chi connectivity index (χ4n) is 7.87. The predicted octanol–water partition coefficient (Wildman–Crippen LogP) is 4.69. The molecule has 5 amide bonds. The van der Waals surface area contributed by atoms with Crippen LogP contribution in [0.15, 0.2) is 18.6 Å². The van der Waals surface area contributed by atoms with Gasteiger partial charge in [0.05, 0.1) is 12.2 Å². The predicted molar refractivity (Wildman–Crippen MR) is 232 cm³/mol. The van der Waals surface area contributed by atoms with E-state index in [9.17, 15) is 28.8 Å². The number of nitrogens with one attached hydrogen (secondary N) is 4. The van der Waals surface area contributed by atoms with Crippen molar-refractivity contribution < 1.29 is 28.8 Å².